The molecule has 0 saturated heterocycles. The van der Waals surface area contributed by atoms with Crippen LogP contribution in [0.3, 0.4) is 0 Å². The predicted octanol–water partition coefficient (Wildman–Crippen LogP) is 5.10. The Morgan fingerprint density at radius 3 is 2.67 bits per heavy atom. The second-order valence-corrected chi connectivity index (χ2v) is 7.29. The highest BCUT2D eigenvalue weighted by Crippen LogP contribution is 2.21. The number of benzene rings is 2. The summed E-state index contributed by atoms with van der Waals surface area (Å²) in [7, 11) is 0. The smallest absolute Gasteiger partial charge is 0.261 e. The molecule has 0 atom stereocenters. The summed E-state index contributed by atoms with van der Waals surface area (Å²) in [6.07, 6.45) is 3.29. The Bertz CT molecular complexity index is 973. The predicted molar refractivity (Wildman–Crippen MR) is 107 cm³/mol. The first kappa shape index (κ1) is 17.4. The van der Waals surface area contributed by atoms with Crippen LogP contribution in [0, 0.1) is 0 Å². The SMILES string of the molecule is O=C(COc1ccc2ccccc2c1)N(Cc1ccoc1)Cc1cccs1. The standard InChI is InChI=1S/C22H19NO3S/c24-22(16-26-20-8-7-18-4-1-2-5-19(18)12-20)23(13-17-9-10-25-15-17)14-21-6-3-11-27-21/h1-12,15H,13-14,16H2. The van der Waals surface area contributed by atoms with Gasteiger partial charge in [0.05, 0.1) is 19.1 Å². The van der Waals surface area contributed by atoms with Crippen molar-refractivity contribution in [2.24, 2.45) is 0 Å². The number of carbonyl (C=O) groups excluding carboxylic acids is 1. The molecule has 4 aromatic rings. The minimum atomic E-state index is -0.0576. The van der Waals surface area contributed by atoms with E-state index in [1.54, 1.807) is 28.8 Å². The van der Waals surface area contributed by atoms with Crippen LogP contribution in [0.25, 0.3) is 10.8 Å². The molecule has 0 aliphatic carbocycles. The van der Waals surface area contributed by atoms with E-state index in [4.69, 9.17) is 9.15 Å². The van der Waals surface area contributed by atoms with Crippen molar-refractivity contribution in [3.05, 3.63) is 89.0 Å². The van der Waals surface area contributed by atoms with Gasteiger partial charge in [-0.2, -0.15) is 0 Å². The number of amides is 1. The Hall–Kier alpha value is -3.05. The van der Waals surface area contributed by atoms with Crippen LogP contribution in [0.4, 0.5) is 0 Å². The van der Waals surface area contributed by atoms with Gasteiger partial charge in [0.15, 0.2) is 6.61 Å². The molecule has 2 aromatic heterocycles. The van der Waals surface area contributed by atoms with Crippen LogP contribution in [0.5, 0.6) is 5.75 Å². The van der Waals surface area contributed by atoms with Gasteiger partial charge in [0.1, 0.15) is 5.75 Å². The van der Waals surface area contributed by atoms with Gasteiger partial charge >= 0.3 is 0 Å². The molecule has 0 N–H and O–H groups in total. The Kier molecular flexibility index (Phi) is 5.21. The number of fused-ring (bicyclic) bond motifs is 1. The molecule has 0 aliphatic rings. The van der Waals surface area contributed by atoms with Crippen molar-refractivity contribution in [1.82, 2.24) is 4.90 Å². The Labute approximate surface area is 161 Å². The lowest BCUT2D eigenvalue weighted by Crippen LogP contribution is -2.33. The number of ether oxygens (including phenoxy) is 1. The number of furan rings is 1. The quantitative estimate of drug-likeness (QED) is 0.450. The van der Waals surface area contributed by atoms with Crippen molar-refractivity contribution in [3.8, 4) is 5.75 Å². The zero-order valence-corrected chi connectivity index (χ0v) is 15.5. The molecule has 27 heavy (non-hydrogen) atoms. The third-order valence-electron chi connectivity index (χ3n) is 4.32. The lowest BCUT2D eigenvalue weighted by Gasteiger charge is -2.21. The number of hydrogen-bond acceptors (Lipinski definition) is 4. The molecule has 5 heteroatoms. The van der Waals surface area contributed by atoms with Gasteiger partial charge in [-0.05, 0) is 40.4 Å². The fourth-order valence-corrected chi connectivity index (χ4v) is 3.64. The molecule has 4 nitrogen and oxygen atoms in total. The number of thiophene rings is 1. The minimum Gasteiger partial charge on any atom is -0.484 e. The van der Waals surface area contributed by atoms with Gasteiger partial charge < -0.3 is 14.1 Å². The highest BCUT2D eigenvalue weighted by molar-refractivity contribution is 7.09. The van der Waals surface area contributed by atoms with E-state index in [0.717, 1.165) is 21.2 Å². The molecule has 0 radical (unpaired) electrons. The van der Waals surface area contributed by atoms with Gasteiger partial charge in [-0.15, -0.1) is 11.3 Å². The number of nitrogens with zero attached hydrogens (tertiary/aromatic N) is 1. The van der Waals surface area contributed by atoms with E-state index in [1.807, 2.05) is 60.0 Å². The monoisotopic (exact) mass is 377 g/mol. The summed E-state index contributed by atoms with van der Waals surface area (Å²) >= 11 is 1.64. The zero-order valence-electron chi connectivity index (χ0n) is 14.7. The summed E-state index contributed by atoms with van der Waals surface area (Å²) in [5, 5.41) is 4.26. The van der Waals surface area contributed by atoms with Crippen molar-refractivity contribution in [2.75, 3.05) is 6.61 Å². The summed E-state index contributed by atoms with van der Waals surface area (Å²) in [5.74, 6) is 0.638. The van der Waals surface area contributed by atoms with Crippen LogP contribution < -0.4 is 4.74 Å². The van der Waals surface area contributed by atoms with Crippen molar-refractivity contribution in [1.29, 1.82) is 0 Å². The summed E-state index contributed by atoms with van der Waals surface area (Å²) in [5.41, 5.74) is 0.964. The largest absolute Gasteiger partial charge is 0.484 e. The first-order valence-electron chi connectivity index (χ1n) is 8.71. The van der Waals surface area contributed by atoms with Crippen molar-refractivity contribution >= 4 is 28.0 Å². The van der Waals surface area contributed by atoms with Gasteiger partial charge in [0, 0.05) is 17.0 Å². The topological polar surface area (TPSA) is 42.7 Å². The highest BCUT2D eigenvalue weighted by Gasteiger charge is 2.16. The van der Waals surface area contributed by atoms with E-state index in [2.05, 4.69) is 6.07 Å². The van der Waals surface area contributed by atoms with Gasteiger partial charge in [-0.25, -0.2) is 0 Å². The summed E-state index contributed by atoms with van der Waals surface area (Å²) in [6.45, 7) is 1.05. The second kappa shape index (κ2) is 8.10. The Morgan fingerprint density at radius 1 is 1.00 bits per heavy atom. The molecule has 2 aromatic carbocycles. The average molecular weight is 377 g/mol. The first-order valence-corrected chi connectivity index (χ1v) is 9.59. The van der Waals surface area contributed by atoms with Gasteiger partial charge in [0.2, 0.25) is 0 Å². The molecule has 2 heterocycles. The van der Waals surface area contributed by atoms with Crippen LogP contribution >= 0.6 is 11.3 Å². The third-order valence-corrected chi connectivity index (χ3v) is 5.18. The lowest BCUT2D eigenvalue weighted by molar-refractivity contribution is -0.134. The van der Waals surface area contributed by atoms with E-state index in [-0.39, 0.29) is 12.5 Å². The third kappa shape index (κ3) is 4.38. The normalized spacial score (nSPS) is 10.8. The molecule has 0 spiro atoms. The van der Waals surface area contributed by atoms with Crippen molar-refractivity contribution < 1.29 is 13.9 Å². The van der Waals surface area contributed by atoms with Crippen LogP contribution in [-0.2, 0) is 17.9 Å². The van der Waals surface area contributed by atoms with Gasteiger partial charge in [-0.1, -0.05) is 36.4 Å². The van der Waals surface area contributed by atoms with Gasteiger partial charge in [0.25, 0.3) is 5.91 Å². The molecule has 0 aliphatic heterocycles. The number of carbonyl (C=O) groups is 1. The molecule has 0 fully saturated rings. The molecule has 1 amide bonds. The Morgan fingerprint density at radius 2 is 1.89 bits per heavy atom. The molecule has 136 valence electrons. The van der Waals surface area contributed by atoms with E-state index >= 15 is 0 Å². The molecule has 4 rings (SSSR count). The van der Waals surface area contributed by atoms with E-state index < -0.39 is 0 Å². The zero-order chi connectivity index (χ0) is 18.5. The van der Waals surface area contributed by atoms with Crippen LogP contribution in [0.15, 0.2) is 83.0 Å². The van der Waals surface area contributed by atoms with Gasteiger partial charge in [-0.3, -0.25) is 4.79 Å². The maximum absolute atomic E-state index is 12.8. The number of hydrogen-bond donors (Lipinski definition) is 0. The highest BCUT2D eigenvalue weighted by atomic mass is 32.1. The molecular formula is C22H19NO3S. The minimum absolute atomic E-state index is 0.00155. The fourth-order valence-electron chi connectivity index (χ4n) is 2.92. The van der Waals surface area contributed by atoms with Crippen LogP contribution in [-0.4, -0.2) is 17.4 Å². The second-order valence-electron chi connectivity index (χ2n) is 6.26. The lowest BCUT2D eigenvalue weighted by atomic mass is 10.1. The molecule has 0 saturated carbocycles. The van der Waals surface area contributed by atoms with E-state index in [9.17, 15) is 4.79 Å². The fraction of sp³-hybridized carbons (Fsp3) is 0.136. The maximum atomic E-state index is 12.8. The van der Waals surface area contributed by atoms with E-state index in [0.29, 0.717) is 18.8 Å². The first-order chi connectivity index (χ1) is 13.3. The van der Waals surface area contributed by atoms with E-state index in [1.165, 1.54) is 0 Å². The van der Waals surface area contributed by atoms with Crippen LogP contribution in [0.2, 0.25) is 0 Å². The molecular weight excluding hydrogens is 358 g/mol. The number of rotatable bonds is 7. The summed E-state index contributed by atoms with van der Waals surface area (Å²) in [4.78, 5) is 15.7. The molecule has 0 unspecified atom stereocenters. The van der Waals surface area contributed by atoms with Crippen LogP contribution in [0.1, 0.15) is 10.4 Å². The van der Waals surface area contributed by atoms with Crippen molar-refractivity contribution in [2.45, 2.75) is 13.1 Å². The average Bonchev–Trinajstić information content (AvgIpc) is 3.39. The summed E-state index contributed by atoms with van der Waals surface area (Å²) in [6, 6.07) is 19.8. The molecule has 0 bridgehead atoms. The Balaban J connectivity index is 1.45. The van der Waals surface area contributed by atoms with Crippen molar-refractivity contribution in [3.63, 3.8) is 0 Å². The summed E-state index contributed by atoms with van der Waals surface area (Å²) < 4.78 is 10.9. The maximum Gasteiger partial charge on any atom is 0.261 e.